The molecule has 2 rings (SSSR count). The molecule has 0 fully saturated rings. The third kappa shape index (κ3) is 4.23. The van der Waals surface area contributed by atoms with Crippen molar-refractivity contribution in [3.63, 3.8) is 0 Å². The van der Waals surface area contributed by atoms with Crippen LogP contribution in [0.1, 0.15) is 15.2 Å². The number of carbonyl (C=O) groups is 2. The van der Waals surface area contributed by atoms with Crippen molar-refractivity contribution >= 4 is 23.2 Å². The number of methoxy groups -OCH3 is 1. The molecule has 0 aliphatic carbocycles. The number of esters is 1. The maximum absolute atomic E-state index is 11.9. The molecule has 2 N–H and O–H groups in total. The van der Waals surface area contributed by atoms with Gasteiger partial charge in [-0.3, -0.25) is 4.79 Å². The number of thiophene rings is 1. The minimum absolute atomic E-state index is 0.0505. The molecule has 116 valence electrons. The Kier molecular flexibility index (Phi) is 5.37. The molecule has 6 nitrogen and oxygen atoms in total. The Hall–Kier alpha value is -2.54. The molecule has 0 saturated carbocycles. The van der Waals surface area contributed by atoms with Crippen molar-refractivity contribution in [3.05, 3.63) is 46.2 Å². The summed E-state index contributed by atoms with van der Waals surface area (Å²) < 4.78 is 9.85. The zero-order chi connectivity index (χ0) is 15.9. The van der Waals surface area contributed by atoms with E-state index in [-0.39, 0.29) is 11.3 Å². The summed E-state index contributed by atoms with van der Waals surface area (Å²) in [5, 5.41) is 14.2. The molecule has 0 saturated heterocycles. The van der Waals surface area contributed by atoms with Gasteiger partial charge in [0.05, 0.1) is 13.7 Å². The van der Waals surface area contributed by atoms with E-state index in [1.807, 2.05) is 17.5 Å². The molecule has 0 bridgehead atoms. The third-order valence-corrected chi connectivity index (χ3v) is 3.67. The van der Waals surface area contributed by atoms with Crippen LogP contribution in [0, 0.1) is 0 Å². The van der Waals surface area contributed by atoms with Crippen LogP contribution in [-0.4, -0.2) is 30.7 Å². The lowest BCUT2D eigenvalue weighted by molar-refractivity contribution is -0.124. The number of ether oxygens (including phenoxy) is 2. The van der Waals surface area contributed by atoms with Crippen molar-refractivity contribution < 1.29 is 24.2 Å². The predicted octanol–water partition coefficient (Wildman–Crippen LogP) is 1.94. The molecule has 0 unspecified atom stereocenters. The van der Waals surface area contributed by atoms with Gasteiger partial charge in [0.1, 0.15) is 17.1 Å². The molecule has 2 aromatic rings. The van der Waals surface area contributed by atoms with E-state index in [1.54, 1.807) is 0 Å². The van der Waals surface area contributed by atoms with Crippen LogP contribution >= 0.6 is 11.3 Å². The quantitative estimate of drug-likeness (QED) is 0.794. The highest BCUT2D eigenvalue weighted by Gasteiger charge is 2.15. The Morgan fingerprint density at radius 3 is 2.82 bits per heavy atom. The molecule has 1 amide bonds. The van der Waals surface area contributed by atoms with Gasteiger partial charge in [0.15, 0.2) is 6.61 Å². The van der Waals surface area contributed by atoms with Crippen LogP contribution in [0.5, 0.6) is 11.5 Å². The number of hydrogen-bond acceptors (Lipinski definition) is 6. The first kappa shape index (κ1) is 15.8. The fourth-order valence-corrected chi connectivity index (χ4v) is 2.31. The van der Waals surface area contributed by atoms with E-state index in [0.29, 0.717) is 12.3 Å². The molecule has 1 aromatic heterocycles. The highest BCUT2D eigenvalue weighted by atomic mass is 32.1. The molecule has 0 aliphatic heterocycles. The molecule has 7 heteroatoms. The smallest absolute Gasteiger partial charge is 0.342 e. The third-order valence-electron chi connectivity index (χ3n) is 2.80. The van der Waals surface area contributed by atoms with E-state index in [1.165, 1.54) is 36.6 Å². The lowest BCUT2D eigenvalue weighted by Crippen LogP contribution is -2.28. The summed E-state index contributed by atoms with van der Waals surface area (Å²) in [5.41, 5.74) is -0.0505. The minimum Gasteiger partial charge on any atom is -0.507 e. The number of hydrogen-bond donors (Lipinski definition) is 2. The summed E-state index contributed by atoms with van der Waals surface area (Å²) in [6.07, 6.45) is 0. The first-order valence-electron chi connectivity index (χ1n) is 6.43. The van der Waals surface area contributed by atoms with Gasteiger partial charge >= 0.3 is 5.97 Å². The fourth-order valence-electron chi connectivity index (χ4n) is 1.66. The Morgan fingerprint density at radius 1 is 1.32 bits per heavy atom. The average molecular weight is 321 g/mol. The minimum atomic E-state index is -0.789. The molecule has 0 atom stereocenters. The number of amides is 1. The summed E-state index contributed by atoms with van der Waals surface area (Å²) in [6, 6.07) is 7.97. The lowest BCUT2D eigenvalue weighted by atomic mass is 10.2. The number of phenolic OH excluding ortho intramolecular Hbond substituents is 1. The van der Waals surface area contributed by atoms with Crippen LogP contribution in [0.3, 0.4) is 0 Å². The Balaban J connectivity index is 1.85. The average Bonchev–Trinajstić information content (AvgIpc) is 3.04. The summed E-state index contributed by atoms with van der Waals surface area (Å²) >= 11 is 1.52. The van der Waals surface area contributed by atoms with E-state index in [4.69, 9.17) is 9.47 Å². The summed E-state index contributed by atoms with van der Waals surface area (Å²) in [5.74, 6) is -1.02. The van der Waals surface area contributed by atoms with Crippen LogP contribution in [-0.2, 0) is 16.1 Å². The SMILES string of the molecule is COc1ccc(O)c(C(=O)OCC(=O)NCc2cccs2)c1. The molecular formula is C15H15NO5S. The van der Waals surface area contributed by atoms with Crippen molar-refractivity contribution in [2.75, 3.05) is 13.7 Å². The lowest BCUT2D eigenvalue weighted by Gasteiger charge is -2.08. The van der Waals surface area contributed by atoms with Crippen molar-refractivity contribution in [1.29, 1.82) is 0 Å². The van der Waals surface area contributed by atoms with Gasteiger partial charge in [-0.2, -0.15) is 0 Å². The number of benzene rings is 1. The summed E-state index contributed by atoms with van der Waals surface area (Å²) in [4.78, 5) is 24.5. The standard InChI is InChI=1S/C15H15NO5S/c1-20-10-4-5-13(17)12(7-10)15(19)21-9-14(18)16-8-11-3-2-6-22-11/h2-7,17H,8-9H2,1H3,(H,16,18). The first-order chi connectivity index (χ1) is 10.6. The van der Waals surface area contributed by atoms with Crippen molar-refractivity contribution in [2.45, 2.75) is 6.54 Å². The predicted molar refractivity (Wildman–Crippen MR) is 81.1 cm³/mol. The maximum Gasteiger partial charge on any atom is 0.342 e. The van der Waals surface area contributed by atoms with Gasteiger partial charge in [0.25, 0.3) is 5.91 Å². The number of phenols is 1. The molecule has 1 aromatic carbocycles. The molecule has 22 heavy (non-hydrogen) atoms. The zero-order valence-corrected chi connectivity index (χ0v) is 12.7. The van der Waals surface area contributed by atoms with Gasteiger partial charge in [-0.05, 0) is 29.6 Å². The molecular weight excluding hydrogens is 306 g/mol. The van der Waals surface area contributed by atoms with Crippen molar-refractivity contribution in [1.82, 2.24) is 5.32 Å². The topological polar surface area (TPSA) is 84.9 Å². The Labute approximate surface area is 131 Å². The highest BCUT2D eigenvalue weighted by Crippen LogP contribution is 2.23. The first-order valence-corrected chi connectivity index (χ1v) is 7.31. The fraction of sp³-hybridized carbons (Fsp3) is 0.200. The highest BCUT2D eigenvalue weighted by molar-refractivity contribution is 7.09. The van der Waals surface area contributed by atoms with Gasteiger partial charge < -0.3 is 19.9 Å². The molecule has 1 heterocycles. The molecule has 0 aliphatic rings. The second kappa shape index (κ2) is 7.46. The number of rotatable bonds is 6. The molecule has 0 radical (unpaired) electrons. The van der Waals surface area contributed by atoms with E-state index in [0.717, 1.165) is 4.88 Å². The van der Waals surface area contributed by atoms with Crippen LogP contribution in [0.2, 0.25) is 0 Å². The zero-order valence-electron chi connectivity index (χ0n) is 11.9. The van der Waals surface area contributed by atoms with Gasteiger partial charge in [-0.25, -0.2) is 4.79 Å². The number of carbonyl (C=O) groups excluding carboxylic acids is 2. The monoisotopic (exact) mass is 321 g/mol. The van der Waals surface area contributed by atoms with E-state index < -0.39 is 18.5 Å². The second-order valence-electron chi connectivity index (χ2n) is 4.32. The van der Waals surface area contributed by atoms with Crippen LogP contribution in [0.4, 0.5) is 0 Å². The second-order valence-corrected chi connectivity index (χ2v) is 5.35. The Morgan fingerprint density at radius 2 is 2.14 bits per heavy atom. The summed E-state index contributed by atoms with van der Waals surface area (Å²) in [7, 11) is 1.44. The van der Waals surface area contributed by atoms with Crippen LogP contribution in [0.25, 0.3) is 0 Å². The normalized spacial score (nSPS) is 10.0. The van der Waals surface area contributed by atoms with E-state index in [2.05, 4.69) is 5.32 Å². The largest absolute Gasteiger partial charge is 0.507 e. The number of aromatic hydroxyl groups is 1. The van der Waals surface area contributed by atoms with Crippen LogP contribution in [0.15, 0.2) is 35.7 Å². The maximum atomic E-state index is 11.9. The van der Waals surface area contributed by atoms with E-state index >= 15 is 0 Å². The van der Waals surface area contributed by atoms with Crippen LogP contribution < -0.4 is 10.1 Å². The van der Waals surface area contributed by atoms with Gasteiger partial charge in [0, 0.05) is 4.88 Å². The Bertz CT molecular complexity index is 654. The van der Waals surface area contributed by atoms with Gasteiger partial charge in [-0.15, -0.1) is 11.3 Å². The van der Waals surface area contributed by atoms with Crippen molar-refractivity contribution in [2.24, 2.45) is 0 Å². The summed E-state index contributed by atoms with van der Waals surface area (Å²) in [6.45, 7) is -0.0285. The van der Waals surface area contributed by atoms with Gasteiger partial charge in [0.2, 0.25) is 0 Å². The van der Waals surface area contributed by atoms with Crippen molar-refractivity contribution in [3.8, 4) is 11.5 Å². The molecule has 0 spiro atoms. The number of nitrogens with one attached hydrogen (secondary N) is 1. The van der Waals surface area contributed by atoms with Gasteiger partial charge in [-0.1, -0.05) is 6.07 Å². The van der Waals surface area contributed by atoms with E-state index in [9.17, 15) is 14.7 Å².